The highest BCUT2D eigenvalue weighted by Gasteiger charge is 2.26. The number of benzene rings is 11. The summed E-state index contributed by atoms with van der Waals surface area (Å²) in [5.41, 5.74) is 14.8. The van der Waals surface area contributed by atoms with Gasteiger partial charge in [-0.15, -0.1) is 0 Å². The molecule has 0 unspecified atom stereocenters. The molecule has 0 saturated carbocycles. The molecule has 0 amide bonds. The molecule has 0 fully saturated rings. The number of furan rings is 1. The van der Waals surface area contributed by atoms with Gasteiger partial charge in [0.15, 0.2) is 0 Å². The van der Waals surface area contributed by atoms with E-state index in [1.54, 1.807) is 0 Å². The van der Waals surface area contributed by atoms with Gasteiger partial charge in [-0.1, -0.05) is 182 Å². The zero-order valence-corrected chi connectivity index (χ0v) is 35.6. The third-order valence-corrected chi connectivity index (χ3v) is 12.6. The van der Waals surface area contributed by atoms with Crippen LogP contribution in [-0.2, 0) is 0 Å². The lowest BCUT2D eigenvalue weighted by Gasteiger charge is -2.31. The average Bonchev–Trinajstić information content (AvgIpc) is 3.74. The maximum absolute atomic E-state index is 7.04. The Balaban J connectivity index is 1.15. The highest BCUT2D eigenvalue weighted by atomic mass is 16.3. The molecule has 0 aliphatic heterocycles. The van der Waals surface area contributed by atoms with Gasteiger partial charge in [-0.3, -0.25) is 0 Å². The van der Waals surface area contributed by atoms with Crippen LogP contribution in [0.3, 0.4) is 0 Å². The van der Waals surface area contributed by atoms with Crippen molar-refractivity contribution < 1.29 is 4.42 Å². The van der Waals surface area contributed by atoms with Crippen molar-refractivity contribution in [1.29, 1.82) is 0 Å². The van der Waals surface area contributed by atoms with Crippen LogP contribution < -0.4 is 9.80 Å². The molecule has 1 aromatic heterocycles. The molecule has 306 valence electrons. The lowest BCUT2D eigenvalue weighted by molar-refractivity contribution is 0.669. The Morgan fingerprint density at radius 2 is 0.800 bits per heavy atom. The standard InChI is InChI=1S/C62H42N2O/c1-5-18-43(19-6-1)44-32-35-52(36-33-44)63(50-26-9-3-10-27-50)53-41-59(62-57-38-47-23-13-14-24-48(47)40-60(57)65-61(62)42-53)64(51-28-11-4-12-29-51)58-37-34-49(39-56(58)46-20-7-2-8-21-46)55-31-17-25-45-22-15-16-30-54(45)55/h1-42H. The normalized spacial score (nSPS) is 11.4. The Bertz CT molecular complexity index is 3630. The minimum atomic E-state index is 0.805. The van der Waals surface area contributed by atoms with Crippen molar-refractivity contribution in [3.63, 3.8) is 0 Å². The van der Waals surface area contributed by atoms with Crippen LogP contribution in [0.5, 0.6) is 0 Å². The van der Waals surface area contributed by atoms with Crippen molar-refractivity contribution in [3.05, 3.63) is 255 Å². The summed E-state index contributed by atoms with van der Waals surface area (Å²) in [6, 6.07) is 91.4. The zero-order chi connectivity index (χ0) is 43.1. The summed E-state index contributed by atoms with van der Waals surface area (Å²) in [5, 5.41) is 6.86. The summed E-state index contributed by atoms with van der Waals surface area (Å²) < 4.78 is 7.04. The first-order valence-electron chi connectivity index (χ1n) is 22.2. The van der Waals surface area contributed by atoms with E-state index in [9.17, 15) is 0 Å². The number of fused-ring (bicyclic) bond motifs is 5. The van der Waals surface area contributed by atoms with Gasteiger partial charge in [0, 0.05) is 34.1 Å². The van der Waals surface area contributed by atoms with Gasteiger partial charge in [0.1, 0.15) is 11.2 Å². The van der Waals surface area contributed by atoms with E-state index < -0.39 is 0 Å². The number of hydrogen-bond acceptors (Lipinski definition) is 3. The van der Waals surface area contributed by atoms with Crippen molar-refractivity contribution >= 4 is 77.6 Å². The summed E-state index contributed by atoms with van der Waals surface area (Å²) in [6.07, 6.45) is 0. The third kappa shape index (κ3) is 6.97. The smallest absolute Gasteiger partial charge is 0.139 e. The van der Waals surface area contributed by atoms with Crippen LogP contribution in [0.15, 0.2) is 259 Å². The highest BCUT2D eigenvalue weighted by Crippen LogP contribution is 2.50. The Labute approximate surface area is 378 Å². The summed E-state index contributed by atoms with van der Waals surface area (Å²) in [7, 11) is 0. The van der Waals surface area contributed by atoms with Crippen LogP contribution in [0.1, 0.15) is 0 Å². The molecule has 0 N–H and O–H groups in total. The largest absolute Gasteiger partial charge is 0.456 e. The lowest BCUT2D eigenvalue weighted by atomic mass is 9.93. The van der Waals surface area contributed by atoms with Gasteiger partial charge in [0.2, 0.25) is 0 Å². The van der Waals surface area contributed by atoms with Gasteiger partial charge >= 0.3 is 0 Å². The fraction of sp³-hybridized carbons (Fsp3) is 0. The number of rotatable bonds is 9. The molecule has 0 radical (unpaired) electrons. The molecule has 1 heterocycles. The lowest BCUT2D eigenvalue weighted by Crippen LogP contribution is -2.14. The van der Waals surface area contributed by atoms with Gasteiger partial charge in [-0.05, 0) is 116 Å². The third-order valence-electron chi connectivity index (χ3n) is 12.6. The van der Waals surface area contributed by atoms with Crippen molar-refractivity contribution in [2.45, 2.75) is 0 Å². The van der Waals surface area contributed by atoms with Crippen LogP contribution in [0, 0.1) is 0 Å². The maximum atomic E-state index is 7.04. The van der Waals surface area contributed by atoms with Crippen LogP contribution in [-0.4, -0.2) is 0 Å². The van der Waals surface area contributed by atoms with E-state index in [1.165, 1.54) is 27.5 Å². The molecule has 12 rings (SSSR count). The Morgan fingerprint density at radius 3 is 1.51 bits per heavy atom. The molecular weight excluding hydrogens is 789 g/mol. The van der Waals surface area contributed by atoms with Crippen LogP contribution in [0.25, 0.3) is 76.9 Å². The van der Waals surface area contributed by atoms with Crippen molar-refractivity contribution in [2.24, 2.45) is 0 Å². The fourth-order valence-electron chi connectivity index (χ4n) is 9.53. The summed E-state index contributed by atoms with van der Waals surface area (Å²) in [5.74, 6) is 0. The van der Waals surface area contributed by atoms with Gasteiger partial charge in [-0.25, -0.2) is 0 Å². The minimum absolute atomic E-state index is 0.805. The molecule has 65 heavy (non-hydrogen) atoms. The second kappa shape index (κ2) is 16.2. The van der Waals surface area contributed by atoms with Gasteiger partial charge in [0.25, 0.3) is 0 Å². The zero-order valence-electron chi connectivity index (χ0n) is 35.6. The first-order valence-corrected chi connectivity index (χ1v) is 22.2. The topological polar surface area (TPSA) is 19.6 Å². The number of nitrogens with zero attached hydrogens (tertiary/aromatic N) is 2. The Morgan fingerprint density at radius 1 is 0.262 bits per heavy atom. The second-order valence-electron chi connectivity index (χ2n) is 16.5. The molecule has 0 aliphatic carbocycles. The van der Waals surface area contributed by atoms with Crippen molar-refractivity contribution in [1.82, 2.24) is 0 Å². The first-order chi connectivity index (χ1) is 32.2. The van der Waals surface area contributed by atoms with E-state index in [-0.39, 0.29) is 0 Å². The SMILES string of the molecule is c1ccc(-c2ccc(N(c3ccccc3)c3cc(N(c4ccccc4)c4ccc(-c5cccc6ccccc56)cc4-c4ccccc4)c4c(c3)oc3cc5ccccc5cc34)cc2)cc1. The summed E-state index contributed by atoms with van der Waals surface area (Å²) >= 11 is 0. The van der Waals surface area contributed by atoms with Crippen molar-refractivity contribution in [3.8, 4) is 33.4 Å². The highest BCUT2D eigenvalue weighted by molar-refractivity contribution is 6.18. The van der Waals surface area contributed by atoms with Crippen LogP contribution in [0.4, 0.5) is 34.1 Å². The summed E-state index contributed by atoms with van der Waals surface area (Å²) in [6.45, 7) is 0. The maximum Gasteiger partial charge on any atom is 0.139 e. The molecule has 0 aliphatic rings. The minimum Gasteiger partial charge on any atom is -0.456 e. The number of para-hydroxylation sites is 2. The molecular formula is C62H42N2O. The quantitative estimate of drug-likeness (QED) is 0.144. The molecule has 0 saturated heterocycles. The van der Waals surface area contributed by atoms with E-state index in [4.69, 9.17) is 4.42 Å². The Hall–Kier alpha value is -8.66. The predicted molar refractivity (Wildman–Crippen MR) is 274 cm³/mol. The fourth-order valence-corrected chi connectivity index (χ4v) is 9.53. The second-order valence-corrected chi connectivity index (χ2v) is 16.5. The molecule has 3 nitrogen and oxygen atoms in total. The predicted octanol–water partition coefficient (Wildman–Crippen LogP) is 17.8. The van der Waals surface area contributed by atoms with Crippen molar-refractivity contribution in [2.75, 3.05) is 9.80 Å². The Kier molecular flexibility index (Phi) is 9.50. The van der Waals surface area contributed by atoms with E-state index in [0.717, 1.165) is 83.5 Å². The summed E-state index contributed by atoms with van der Waals surface area (Å²) in [4.78, 5) is 4.78. The monoisotopic (exact) mass is 830 g/mol. The molecule has 12 aromatic rings. The van der Waals surface area contributed by atoms with E-state index in [2.05, 4.69) is 265 Å². The molecule has 0 spiro atoms. The van der Waals surface area contributed by atoms with Gasteiger partial charge in [0.05, 0.1) is 22.4 Å². The van der Waals surface area contributed by atoms with Crippen LogP contribution >= 0.6 is 0 Å². The number of anilines is 6. The molecule has 11 aromatic carbocycles. The van der Waals surface area contributed by atoms with Gasteiger partial charge < -0.3 is 14.2 Å². The van der Waals surface area contributed by atoms with E-state index >= 15 is 0 Å². The van der Waals surface area contributed by atoms with Gasteiger partial charge in [-0.2, -0.15) is 0 Å². The first kappa shape index (κ1) is 38.0. The average molecular weight is 831 g/mol. The molecule has 0 bridgehead atoms. The molecule has 0 atom stereocenters. The van der Waals surface area contributed by atoms with E-state index in [1.807, 2.05) is 0 Å². The van der Waals surface area contributed by atoms with Crippen LogP contribution in [0.2, 0.25) is 0 Å². The number of hydrogen-bond donors (Lipinski definition) is 0. The van der Waals surface area contributed by atoms with E-state index in [0.29, 0.717) is 0 Å². The molecule has 3 heteroatoms.